The minimum absolute atomic E-state index is 0.0455. The summed E-state index contributed by atoms with van der Waals surface area (Å²) in [4.78, 5) is 4.12. The number of aromatic nitrogens is 4. The molecule has 1 N–H and O–H groups in total. The summed E-state index contributed by atoms with van der Waals surface area (Å²) in [6, 6.07) is 3.87. The van der Waals surface area contributed by atoms with Gasteiger partial charge >= 0.3 is 6.18 Å². The number of thiazole rings is 1. The van der Waals surface area contributed by atoms with Crippen LogP contribution in [0.25, 0.3) is 33.2 Å². The summed E-state index contributed by atoms with van der Waals surface area (Å²) in [6.07, 6.45) is -3.58. The van der Waals surface area contributed by atoms with Crippen LogP contribution in [0, 0.1) is 5.82 Å². The second-order valence-electron chi connectivity index (χ2n) is 7.63. The van der Waals surface area contributed by atoms with E-state index in [-0.39, 0.29) is 31.5 Å². The van der Waals surface area contributed by atoms with E-state index in [4.69, 9.17) is 18.9 Å². The molecule has 6 nitrogen and oxygen atoms in total. The number of benzene rings is 1. The van der Waals surface area contributed by atoms with Gasteiger partial charge in [0.15, 0.2) is 11.5 Å². The van der Waals surface area contributed by atoms with E-state index < -0.39 is 47.5 Å². The van der Waals surface area contributed by atoms with Crippen LogP contribution in [0.15, 0.2) is 40.5 Å². The second kappa shape index (κ2) is 8.54. The molecule has 0 atom stereocenters. The SMILES string of the molecule is [2H]C([2H])(CC(C)(C)O)n1ncc(-c2onc(-c3c(F)cccc3Cl)c2-c2nccs2)c1C(F)(F)F. The Kier molecular flexibility index (Phi) is 5.39. The molecule has 4 rings (SSSR count). The van der Waals surface area contributed by atoms with Crippen LogP contribution in [0.2, 0.25) is 5.02 Å². The average molecular weight is 503 g/mol. The van der Waals surface area contributed by atoms with E-state index in [1.165, 1.54) is 32.2 Å². The van der Waals surface area contributed by atoms with Crippen LogP contribution < -0.4 is 0 Å². The zero-order valence-corrected chi connectivity index (χ0v) is 18.7. The number of hydrogen-bond donors (Lipinski definition) is 1. The van der Waals surface area contributed by atoms with Crippen molar-refractivity contribution in [3.05, 3.63) is 52.5 Å². The van der Waals surface area contributed by atoms with E-state index in [9.17, 15) is 22.7 Å². The molecule has 0 aliphatic rings. The maximum atomic E-state index is 14.7. The van der Waals surface area contributed by atoms with Crippen molar-refractivity contribution in [2.45, 2.75) is 38.5 Å². The van der Waals surface area contributed by atoms with Crippen LogP contribution in [0.3, 0.4) is 0 Å². The van der Waals surface area contributed by atoms with Gasteiger partial charge in [-0.3, -0.25) is 4.68 Å². The van der Waals surface area contributed by atoms with E-state index in [1.807, 2.05) is 0 Å². The van der Waals surface area contributed by atoms with Crippen LogP contribution in [0.4, 0.5) is 17.6 Å². The lowest BCUT2D eigenvalue weighted by atomic mass is 10.0. The van der Waals surface area contributed by atoms with Crippen LogP contribution in [0.1, 0.15) is 28.7 Å². The highest BCUT2D eigenvalue weighted by atomic mass is 35.5. The molecule has 12 heteroatoms. The lowest BCUT2D eigenvalue weighted by molar-refractivity contribution is -0.144. The highest BCUT2D eigenvalue weighted by Crippen LogP contribution is 2.46. The average Bonchev–Trinajstić information content (AvgIpc) is 3.44. The topological polar surface area (TPSA) is 77.0 Å². The van der Waals surface area contributed by atoms with Gasteiger partial charge in [0.1, 0.15) is 16.5 Å². The lowest BCUT2D eigenvalue weighted by Gasteiger charge is -2.18. The Morgan fingerprint density at radius 1 is 1.27 bits per heavy atom. The molecule has 0 unspecified atom stereocenters. The summed E-state index contributed by atoms with van der Waals surface area (Å²) < 4.78 is 79.4. The Morgan fingerprint density at radius 2 is 2.03 bits per heavy atom. The zero-order chi connectivity index (χ0) is 25.8. The molecule has 0 aliphatic carbocycles. The summed E-state index contributed by atoms with van der Waals surface area (Å²) in [5.74, 6) is -1.21. The number of aryl methyl sites for hydroxylation is 1. The predicted molar refractivity (Wildman–Crippen MR) is 115 cm³/mol. The monoisotopic (exact) mass is 502 g/mol. The molecule has 3 aromatic heterocycles. The third-order valence-electron chi connectivity index (χ3n) is 4.48. The van der Waals surface area contributed by atoms with Crippen molar-refractivity contribution >= 4 is 22.9 Å². The number of alkyl halides is 3. The van der Waals surface area contributed by atoms with Crippen molar-refractivity contribution < 1.29 is 29.9 Å². The van der Waals surface area contributed by atoms with Gasteiger partial charge in [-0.25, -0.2) is 9.37 Å². The molecule has 0 radical (unpaired) electrons. The van der Waals surface area contributed by atoms with Crippen molar-refractivity contribution in [1.82, 2.24) is 19.9 Å². The number of nitrogens with zero attached hydrogens (tertiary/aromatic N) is 4. The molecule has 0 saturated heterocycles. The third kappa shape index (κ3) is 4.66. The first-order chi connectivity index (χ1) is 16.2. The largest absolute Gasteiger partial charge is 0.433 e. The summed E-state index contributed by atoms with van der Waals surface area (Å²) >= 11 is 7.22. The van der Waals surface area contributed by atoms with Crippen LogP contribution in [0.5, 0.6) is 0 Å². The molecule has 0 bridgehead atoms. The fraction of sp³-hybridized carbons (Fsp3) is 0.286. The fourth-order valence-corrected chi connectivity index (χ4v) is 4.02. The zero-order valence-electron chi connectivity index (χ0n) is 19.1. The normalized spacial score (nSPS) is 13.8. The molecule has 0 spiro atoms. The van der Waals surface area contributed by atoms with E-state index in [1.54, 1.807) is 5.38 Å². The Labute approximate surface area is 197 Å². The van der Waals surface area contributed by atoms with Crippen molar-refractivity contribution in [3.8, 4) is 33.2 Å². The van der Waals surface area contributed by atoms with Gasteiger partial charge < -0.3 is 9.63 Å². The smallest absolute Gasteiger partial charge is 0.390 e. The molecular weight excluding hydrogens is 484 g/mol. The lowest BCUT2D eigenvalue weighted by Crippen LogP contribution is -2.24. The van der Waals surface area contributed by atoms with Gasteiger partial charge in [-0.2, -0.15) is 18.3 Å². The molecule has 33 heavy (non-hydrogen) atoms. The van der Waals surface area contributed by atoms with Crippen molar-refractivity contribution in [2.24, 2.45) is 0 Å². The van der Waals surface area contributed by atoms with Crippen LogP contribution in [-0.2, 0) is 12.7 Å². The summed E-state index contributed by atoms with van der Waals surface area (Å²) in [7, 11) is 0. The second-order valence-corrected chi connectivity index (χ2v) is 8.93. The molecule has 0 aliphatic heterocycles. The first-order valence-corrected chi connectivity index (χ1v) is 10.7. The maximum Gasteiger partial charge on any atom is 0.433 e. The number of aliphatic hydroxyl groups is 1. The summed E-state index contributed by atoms with van der Waals surface area (Å²) in [5.41, 5.74) is -4.14. The predicted octanol–water partition coefficient (Wildman–Crippen LogP) is 6.30. The molecule has 1 aromatic carbocycles. The molecule has 0 amide bonds. The van der Waals surface area contributed by atoms with Gasteiger partial charge in [0.05, 0.1) is 36.3 Å². The van der Waals surface area contributed by atoms with Crippen molar-refractivity contribution in [3.63, 3.8) is 0 Å². The first kappa shape index (κ1) is 20.8. The Hall–Kier alpha value is -2.76. The number of halogens is 5. The van der Waals surface area contributed by atoms with Gasteiger partial charge in [-0.1, -0.05) is 22.8 Å². The molecule has 3 heterocycles. The molecule has 4 aromatic rings. The Balaban J connectivity index is 2.00. The highest BCUT2D eigenvalue weighted by Gasteiger charge is 2.41. The Bertz CT molecular complexity index is 1340. The minimum atomic E-state index is -5.08. The minimum Gasteiger partial charge on any atom is -0.390 e. The summed E-state index contributed by atoms with van der Waals surface area (Å²) in [6.45, 7) is -0.186. The van der Waals surface area contributed by atoms with E-state index >= 15 is 0 Å². The van der Waals surface area contributed by atoms with E-state index in [0.717, 1.165) is 23.6 Å². The maximum absolute atomic E-state index is 14.7. The van der Waals surface area contributed by atoms with Crippen LogP contribution in [-0.4, -0.2) is 30.6 Å². The summed E-state index contributed by atoms with van der Waals surface area (Å²) in [5, 5.41) is 19.2. The molecular formula is C21H17ClF4N4O2S. The van der Waals surface area contributed by atoms with Gasteiger partial charge in [-0.15, -0.1) is 11.3 Å². The number of rotatable bonds is 6. The standard InChI is InChI=1S/C21H17ClF4N4O2S/c1-20(2,31)6-8-30-18(21(24,25)26)11(10-28-30)17-15(19-27-7-9-33-19)16(29-32-17)14-12(22)4-3-5-13(14)23/h3-5,7,9-10,31H,6,8H2,1-2H3/i8D2. The number of hydrogen-bond acceptors (Lipinski definition) is 6. The van der Waals surface area contributed by atoms with E-state index in [0.29, 0.717) is 0 Å². The van der Waals surface area contributed by atoms with Gasteiger partial charge in [0, 0.05) is 18.1 Å². The van der Waals surface area contributed by atoms with Gasteiger partial charge in [0.25, 0.3) is 0 Å². The molecule has 0 fully saturated rings. The molecule has 0 saturated carbocycles. The Morgan fingerprint density at radius 3 is 2.64 bits per heavy atom. The van der Waals surface area contributed by atoms with E-state index in [2.05, 4.69) is 15.2 Å². The third-order valence-corrected chi connectivity index (χ3v) is 5.59. The fourth-order valence-electron chi connectivity index (χ4n) is 3.09. The van der Waals surface area contributed by atoms with Crippen molar-refractivity contribution in [1.29, 1.82) is 0 Å². The molecule has 174 valence electrons. The first-order valence-electron chi connectivity index (χ1n) is 10.4. The van der Waals surface area contributed by atoms with Gasteiger partial charge in [-0.05, 0) is 32.4 Å². The van der Waals surface area contributed by atoms with Crippen molar-refractivity contribution in [2.75, 3.05) is 0 Å². The van der Waals surface area contributed by atoms with Gasteiger partial charge in [0.2, 0.25) is 0 Å². The van der Waals surface area contributed by atoms with Crippen LogP contribution >= 0.6 is 22.9 Å². The highest BCUT2D eigenvalue weighted by molar-refractivity contribution is 7.13. The quantitative estimate of drug-likeness (QED) is 0.313.